The number of carboxylic acid groups (broad SMARTS) is 1. The van der Waals surface area contributed by atoms with Crippen LogP contribution in [0.2, 0.25) is 0 Å². The first-order valence-corrected chi connectivity index (χ1v) is 7.86. The van der Waals surface area contributed by atoms with E-state index in [1.165, 1.54) is 0 Å². The number of thioether (sulfide) groups is 1. The minimum absolute atomic E-state index is 0.0140. The molecule has 0 saturated carbocycles. The lowest BCUT2D eigenvalue weighted by Gasteiger charge is -2.16. The Kier molecular flexibility index (Phi) is 5.68. The molecule has 3 amide bonds. The molecule has 3 atom stereocenters. The van der Waals surface area contributed by atoms with Crippen LogP contribution in [0, 0.1) is 0 Å². The number of nitrogens with one attached hydrogen (secondary N) is 3. The predicted octanol–water partition coefficient (Wildman–Crippen LogP) is -0.851. The second-order valence-electron chi connectivity index (χ2n) is 4.93. The molecule has 2 saturated heterocycles. The molecule has 1 unspecified atom stereocenters. The average molecular weight is 317 g/mol. The molecule has 2 aliphatic rings. The summed E-state index contributed by atoms with van der Waals surface area (Å²) < 4.78 is 5.08. The van der Waals surface area contributed by atoms with Crippen LogP contribution in [0.4, 0.5) is 4.79 Å². The van der Waals surface area contributed by atoms with Gasteiger partial charge in [0.1, 0.15) is 0 Å². The number of aliphatic carboxylic acids is 1. The predicted molar refractivity (Wildman–Crippen MR) is 76.2 cm³/mol. The zero-order chi connectivity index (χ0) is 15.2. The van der Waals surface area contributed by atoms with Gasteiger partial charge in [0.05, 0.1) is 31.7 Å². The van der Waals surface area contributed by atoms with Crippen molar-refractivity contribution in [3.63, 3.8) is 0 Å². The number of hydrogen-bond donors (Lipinski definition) is 4. The first-order chi connectivity index (χ1) is 10.1. The van der Waals surface area contributed by atoms with Crippen molar-refractivity contribution in [2.24, 2.45) is 0 Å². The number of carbonyl (C=O) groups excluding carboxylic acids is 2. The molecular weight excluding hydrogens is 298 g/mol. The Morgan fingerprint density at radius 2 is 2.19 bits per heavy atom. The Balaban J connectivity index is 1.57. The summed E-state index contributed by atoms with van der Waals surface area (Å²) in [5.74, 6) is -0.171. The van der Waals surface area contributed by atoms with E-state index < -0.39 is 5.97 Å². The molecule has 0 aromatic heterocycles. The van der Waals surface area contributed by atoms with Crippen molar-refractivity contribution >= 4 is 29.7 Å². The topological polar surface area (TPSA) is 117 Å². The van der Waals surface area contributed by atoms with Crippen LogP contribution in [-0.4, -0.2) is 65.9 Å². The van der Waals surface area contributed by atoms with Crippen LogP contribution >= 0.6 is 11.8 Å². The lowest BCUT2D eigenvalue weighted by atomic mass is 10.1. The number of carbonyl (C=O) groups is 3. The molecule has 0 aliphatic carbocycles. The van der Waals surface area contributed by atoms with Gasteiger partial charge in [0.2, 0.25) is 5.91 Å². The van der Waals surface area contributed by atoms with Crippen molar-refractivity contribution < 1.29 is 24.2 Å². The summed E-state index contributed by atoms with van der Waals surface area (Å²) in [7, 11) is 0. The number of rotatable bonds is 8. The highest BCUT2D eigenvalue weighted by Crippen LogP contribution is 2.31. The van der Waals surface area contributed by atoms with Gasteiger partial charge in [0.15, 0.2) is 0 Å². The summed E-state index contributed by atoms with van der Waals surface area (Å²) >= 11 is 1.68. The van der Waals surface area contributed by atoms with Gasteiger partial charge in [-0.2, -0.15) is 11.8 Å². The van der Waals surface area contributed by atoms with Crippen molar-refractivity contribution in [2.75, 3.05) is 25.5 Å². The Labute approximate surface area is 126 Å². The average Bonchev–Trinajstić information content (AvgIpc) is 2.94. The van der Waals surface area contributed by atoms with Gasteiger partial charge in [-0.25, -0.2) is 4.79 Å². The zero-order valence-electron chi connectivity index (χ0n) is 11.5. The van der Waals surface area contributed by atoms with Gasteiger partial charge in [-0.05, 0) is 0 Å². The first-order valence-electron chi connectivity index (χ1n) is 6.81. The van der Waals surface area contributed by atoms with Gasteiger partial charge >= 0.3 is 12.0 Å². The standard InChI is InChI=1S/C12H19N3O5S/c16-9(13-2-4-20-3-1-10(17)18)5-8-11-7(6-21-8)14-12(19)15-11/h7-8,11H,1-6H2,(H,13,16)(H,17,18)(H2,14,15,19)/t7-,8?,11-/m0/s1. The normalized spacial score (nSPS) is 26.9. The highest BCUT2D eigenvalue weighted by Gasteiger charge is 2.43. The molecule has 2 heterocycles. The van der Waals surface area contributed by atoms with Crippen LogP contribution < -0.4 is 16.0 Å². The summed E-state index contributed by atoms with van der Waals surface area (Å²) in [6.45, 7) is 0.793. The Morgan fingerprint density at radius 1 is 1.38 bits per heavy atom. The van der Waals surface area contributed by atoms with E-state index in [-0.39, 0.29) is 42.3 Å². The van der Waals surface area contributed by atoms with Crippen LogP contribution in [-0.2, 0) is 14.3 Å². The second-order valence-corrected chi connectivity index (χ2v) is 6.20. The third-order valence-electron chi connectivity index (χ3n) is 3.35. The van der Waals surface area contributed by atoms with Gasteiger partial charge in [-0.3, -0.25) is 9.59 Å². The van der Waals surface area contributed by atoms with Crippen LogP contribution in [0.15, 0.2) is 0 Å². The monoisotopic (exact) mass is 317 g/mol. The van der Waals surface area contributed by atoms with Gasteiger partial charge in [0.25, 0.3) is 0 Å². The zero-order valence-corrected chi connectivity index (χ0v) is 12.3. The lowest BCUT2D eigenvalue weighted by molar-refractivity contribution is -0.138. The molecule has 2 rings (SSSR count). The van der Waals surface area contributed by atoms with Crippen molar-refractivity contribution in [3.05, 3.63) is 0 Å². The molecule has 0 radical (unpaired) electrons. The quantitative estimate of drug-likeness (QED) is 0.342. The molecule has 118 valence electrons. The van der Waals surface area contributed by atoms with Gasteiger partial charge < -0.3 is 25.8 Å². The van der Waals surface area contributed by atoms with E-state index in [4.69, 9.17) is 9.84 Å². The number of amides is 3. The molecule has 4 N–H and O–H groups in total. The Hall–Kier alpha value is -1.48. The van der Waals surface area contributed by atoms with E-state index in [1.54, 1.807) is 11.8 Å². The maximum absolute atomic E-state index is 11.8. The van der Waals surface area contributed by atoms with E-state index in [0.717, 1.165) is 5.75 Å². The molecule has 0 spiro atoms. The molecule has 0 aromatic carbocycles. The van der Waals surface area contributed by atoms with E-state index >= 15 is 0 Å². The number of ether oxygens (including phenoxy) is 1. The highest BCUT2D eigenvalue weighted by molar-refractivity contribution is 8.00. The van der Waals surface area contributed by atoms with Crippen molar-refractivity contribution in [1.29, 1.82) is 0 Å². The van der Waals surface area contributed by atoms with E-state index in [9.17, 15) is 14.4 Å². The maximum Gasteiger partial charge on any atom is 0.315 e. The van der Waals surface area contributed by atoms with E-state index in [2.05, 4.69) is 16.0 Å². The maximum atomic E-state index is 11.8. The van der Waals surface area contributed by atoms with Crippen molar-refractivity contribution in [3.8, 4) is 0 Å². The third kappa shape index (κ3) is 4.78. The molecule has 0 bridgehead atoms. The summed E-state index contributed by atoms with van der Waals surface area (Å²) in [6, 6.07) is -0.0396. The molecule has 9 heteroatoms. The van der Waals surface area contributed by atoms with Crippen LogP contribution in [0.5, 0.6) is 0 Å². The van der Waals surface area contributed by atoms with Gasteiger partial charge in [-0.15, -0.1) is 0 Å². The van der Waals surface area contributed by atoms with E-state index in [1.807, 2.05) is 0 Å². The number of hydrogen-bond acceptors (Lipinski definition) is 5. The summed E-state index contributed by atoms with van der Waals surface area (Å²) in [5.41, 5.74) is 0. The molecule has 0 aromatic rings. The summed E-state index contributed by atoms with van der Waals surface area (Å²) in [6.07, 6.45) is 0.311. The highest BCUT2D eigenvalue weighted by atomic mass is 32.2. The number of urea groups is 1. The summed E-state index contributed by atoms with van der Waals surface area (Å²) in [5, 5.41) is 16.9. The minimum atomic E-state index is -0.904. The second kappa shape index (κ2) is 7.51. The molecule has 8 nitrogen and oxygen atoms in total. The SMILES string of the molecule is O=C(O)CCOCCNC(=O)CC1SC[C@@H]2NC(=O)N[C@H]12. The third-order valence-corrected chi connectivity index (χ3v) is 4.79. The Morgan fingerprint density at radius 3 is 2.95 bits per heavy atom. The Bertz CT molecular complexity index is 420. The number of carboxylic acids is 1. The molecule has 21 heavy (non-hydrogen) atoms. The fraction of sp³-hybridized carbons (Fsp3) is 0.750. The van der Waals surface area contributed by atoms with Crippen LogP contribution in [0.25, 0.3) is 0 Å². The molecule has 2 fully saturated rings. The van der Waals surface area contributed by atoms with E-state index in [0.29, 0.717) is 19.6 Å². The minimum Gasteiger partial charge on any atom is -0.481 e. The van der Waals surface area contributed by atoms with Crippen LogP contribution in [0.1, 0.15) is 12.8 Å². The van der Waals surface area contributed by atoms with Gasteiger partial charge in [-0.1, -0.05) is 0 Å². The molecule has 2 aliphatic heterocycles. The summed E-state index contributed by atoms with van der Waals surface area (Å²) in [4.78, 5) is 33.3. The molecular formula is C12H19N3O5S. The fourth-order valence-electron chi connectivity index (χ4n) is 2.35. The largest absolute Gasteiger partial charge is 0.481 e. The van der Waals surface area contributed by atoms with Crippen molar-refractivity contribution in [1.82, 2.24) is 16.0 Å². The van der Waals surface area contributed by atoms with Gasteiger partial charge in [0, 0.05) is 24.0 Å². The smallest absolute Gasteiger partial charge is 0.315 e. The van der Waals surface area contributed by atoms with Crippen molar-refractivity contribution in [2.45, 2.75) is 30.2 Å². The van der Waals surface area contributed by atoms with Crippen LogP contribution in [0.3, 0.4) is 0 Å². The number of fused-ring (bicyclic) bond motifs is 1. The lowest BCUT2D eigenvalue weighted by Crippen LogP contribution is -2.40. The fourth-order valence-corrected chi connectivity index (χ4v) is 3.82. The first kappa shape index (κ1) is 15.9.